The fraction of sp³-hybridized carbons (Fsp3) is 0.545. The van der Waals surface area contributed by atoms with Gasteiger partial charge in [-0.15, -0.1) is 6.42 Å². The van der Waals surface area contributed by atoms with Crippen molar-refractivity contribution in [2.24, 2.45) is 0 Å². The van der Waals surface area contributed by atoms with E-state index in [0.717, 1.165) is 10.9 Å². The molecule has 1 aliphatic rings. The Morgan fingerprint density at radius 3 is 2.85 bits per heavy atom. The van der Waals surface area contributed by atoms with Crippen LogP contribution in [0.4, 0.5) is 0 Å². The molecule has 1 saturated heterocycles. The Labute approximate surface area is 118 Å². The van der Waals surface area contributed by atoms with E-state index in [1.165, 1.54) is 6.92 Å². The number of alkyl halides is 1. The monoisotopic (exact) mass is 301 g/mol. The van der Waals surface area contributed by atoms with E-state index in [1.54, 1.807) is 0 Å². The molecule has 1 aromatic heterocycles. The minimum Gasteiger partial charge on any atom is -0.391 e. The Morgan fingerprint density at radius 2 is 2.35 bits per heavy atom. The maximum absolute atomic E-state index is 11.7. The molecule has 0 aliphatic carbocycles. The molecule has 3 N–H and O–H groups in total. The number of aliphatic hydroxyl groups excluding tert-OH is 2. The van der Waals surface area contributed by atoms with E-state index in [1.807, 2.05) is 4.98 Å². The zero-order valence-corrected chi connectivity index (χ0v) is 11.1. The van der Waals surface area contributed by atoms with Gasteiger partial charge in [-0.1, -0.05) is 17.5 Å². The van der Waals surface area contributed by atoms with Gasteiger partial charge in [-0.05, 0) is 6.92 Å². The second-order valence-electron chi connectivity index (χ2n) is 4.44. The minimum absolute atomic E-state index is 0.835. The van der Waals surface area contributed by atoms with E-state index in [2.05, 4.69) is 10.9 Å². The van der Waals surface area contributed by atoms with Crippen molar-refractivity contribution in [1.29, 1.82) is 0 Å². The Bertz CT molecular complexity index is 663. The predicted molar refractivity (Wildman–Crippen MR) is 68.1 cm³/mol. The topological polar surface area (TPSA) is 117 Å². The highest BCUT2D eigenvalue weighted by atomic mass is 35.5. The summed E-state index contributed by atoms with van der Waals surface area (Å²) in [5.41, 5.74) is -1.67. The van der Waals surface area contributed by atoms with E-state index >= 15 is 0 Å². The van der Waals surface area contributed by atoms with Gasteiger partial charge in [-0.2, -0.15) is 4.98 Å². The summed E-state index contributed by atoms with van der Waals surface area (Å²) in [6, 6.07) is 0. The molecule has 1 aliphatic heterocycles. The van der Waals surface area contributed by atoms with Crippen molar-refractivity contribution in [2.75, 3.05) is 0 Å². The number of aliphatic hydroxyl groups is 2. The molecule has 0 radical (unpaired) electrons. The first-order valence-corrected chi connectivity index (χ1v) is 6.04. The van der Waals surface area contributed by atoms with Crippen LogP contribution < -0.4 is 11.4 Å². The van der Waals surface area contributed by atoms with Gasteiger partial charge in [0, 0.05) is 0 Å². The quantitative estimate of drug-likeness (QED) is 0.437. The third-order valence-electron chi connectivity index (χ3n) is 3.08. The number of aromatic nitrogens is 3. The highest BCUT2D eigenvalue weighted by molar-refractivity contribution is 6.27. The average Bonchev–Trinajstić information content (AvgIpc) is 2.64. The van der Waals surface area contributed by atoms with Gasteiger partial charge in [-0.3, -0.25) is 9.55 Å². The largest absolute Gasteiger partial charge is 0.391 e. The van der Waals surface area contributed by atoms with E-state index in [-0.39, 0.29) is 0 Å². The van der Waals surface area contributed by atoms with Gasteiger partial charge in [0.1, 0.15) is 18.5 Å². The van der Waals surface area contributed by atoms with Crippen molar-refractivity contribution >= 4 is 11.6 Å². The summed E-state index contributed by atoms with van der Waals surface area (Å²) in [5.74, 6) is 2.17. The number of hydrogen-bond donors (Lipinski definition) is 3. The number of H-pyrrole nitrogens is 1. The first-order chi connectivity index (χ1) is 9.31. The molecule has 2 unspecified atom stereocenters. The summed E-state index contributed by atoms with van der Waals surface area (Å²) in [6.45, 7) is 1.39. The first-order valence-electron chi connectivity index (χ1n) is 5.67. The van der Waals surface area contributed by atoms with Gasteiger partial charge >= 0.3 is 11.4 Å². The Hall–Kier alpha value is -1.66. The third kappa shape index (κ3) is 2.14. The van der Waals surface area contributed by atoms with E-state index in [4.69, 9.17) is 22.8 Å². The SMILES string of the molecule is C#CC1(Cl)C(O)[C@@H]([C@H](C)O)O[C@H]1n1cnc(=O)[nH]c1=O. The fourth-order valence-corrected chi connectivity index (χ4v) is 2.31. The van der Waals surface area contributed by atoms with Gasteiger partial charge in [0.05, 0.1) is 6.10 Å². The molecule has 2 heterocycles. The van der Waals surface area contributed by atoms with Crippen molar-refractivity contribution < 1.29 is 14.9 Å². The highest BCUT2D eigenvalue weighted by Gasteiger charge is 2.57. The summed E-state index contributed by atoms with van der Waals surface area (Å²) in [5, 5.41) is 19.6. The van der Waals surface area contributed by atoms with Crippen LogP contribution in [0, 0.1) is 12.3 Å². The van der Waals surface area contributed by atoms with Crippen molar-refractivity contribution in [3.05, 3.63) is 27.3 Å². The molecule has 0 spiro atoms. The summed E-state index contributed by atoms with van der Waals surface area (Å²) in [4.78, 5) is 26.2. The van der Waals surface area contributed by atoms with Gasteiger partial charge < -0.3 is 14.9 Å². The fourth-order valence-electron chi connectivity index (χ4n) is 2.03. The van der Waals surface area contributed by atoms with Gasteiger partial charge in [0.15, 0.2) is 11.1 Å². The molecule has 108 valence electrons. The lowest BCUT2D eigenvalue weighted by molar-refractivity contribution is -0.0776. The van der Waals surface area contributed by atoms with Gasteiger partial charge in [-0.25, -0.2) is 9.59 Å². The molecule has 0 aromatic carbocycles. The first kappa shape index (κ1) is 14.7. The zero-order chi connectivity index (χ0) is 15.1. The van der Waals surface area contributed by atoms with Crippen LogP contribution >= 0.6 is 11.6 Å². The number of rotatable bonds is 2. The Kier molecular flexibility index (Phi) is 3.71. The van der Waals surface area contributed by atoms with Crippen molar-refractivity contribution in [3.63, 3.8) is 0 Å². The van der Waals surface area contributed by atoms with Crippen molar-refractivity contribution in [1.82, 2.24) is 14.5 Å². The summed E-state index contributed by atoms with van der Waals surface area (Å²) in [6.07, 6.45) is 1.41. The second-order valence-corrected chi connectivity index (χ2v) is 5.06. The van der Waals surface area contributed by atoms with Crippen LogP contribution in [0.5, 0.6) is 0 Å². The summed E-state index contributed by atoms with van der Waals surface area (Å²) >= 11 is 6.15. The van der Waals surface area contributed by atoms with Gasteiger partial charge in [0.2, 0.25) is 0 Å². The molecule has 9 heteroatoms. The maximum Gasteiger partial charge on any atom is 0.350 e. The molecule has 5 atom stereocenters. The lowest BCUT2D eigenvalue weighted by Gasteiger charge is -2.25. The van der Waals surface area contributed by atoms with E-state index < -0.39 is 40.8 Å². The van der Waals surface area contributed by atoms with Gasteiger partial charge in [0.25, 0.3) is 0 Å². The Morgan fingerprint density at radius 1 is 1.70 bits per heavy atom. The molecule has 20 heavy (non-hydrogen) atoms. The standard InChI is InChI=1S/C11H12ClN3O5/c1-3-11(12)7(17)6(5(2)16)20-8(11)15-4-13-9(18)14-10(15)19/h1,4-8,16-17H,2H3,(H,14,18,19)/t5-,6+,7?,8+,11?/m0/s1. The smallest absolute Gasteiger partial charge is 0.350 e. The average molecular weight is 302 g/mol. The summed E-state index contributed by atoms with van der Waals surface area (Å²) in [7, 11) is 0. The van der Waals surface area contributed by atoms with Crippen LogP contribution in [-0.4, -0.2) is 47.9 Å². The zero-order valence-electron chi connectivity index (χ0n) is 10.4. The minimum atomic E-state index is -1.77. The maximum atomic E-state index is 11.7. The number of halogens is 1. The van der Waals surface area contributed by atoms with Crippen LogP contribution in [0.15, 0.2) is 15.9 Å². The van der Waals surface area contributed by atoms with Crippen LogP contribution in [0.25, 0.3) is 0 Å². The lowest BCUT2D eigenvalue weighted by Crippen LogP contribution is -2.45. The number of aromatic amines is 1. The number of nitrogens with zero attached hydrogens (tertiary/aromatic N) is 2. The normalized spacial score (nSPS) is 34.6. The molecular weight excluding hydrogens is 290 g/mol. The summed E-state index contributed by atoms with van der Waals surface area (Å²) < 4.78 is 6.24. The number of nitrogens with one attached hydrogen (secondary N) is 1. The third-order valence-corrected chi connectivity index (χ3v) is 3.60. The van der Waals surface area contributed by atoms with E-state index in [0.29, 0.717) is 0 Å². The highest BCUT2D eigenvalue weighted by Crippen LogP contribution is 2.43. The molecule has 8 nitrogen and oxygen atoms in total. The number of hydrogen-bond acceptors (Lipinski definition) is 6. The molecule has 0 amide bonds. The molecular formula is C11H12ClN3O5. The number of terminal acetylenes is 1. The van der Waals surface area contributed by atoms with Crippen LogP contribution in [0.3, 0.4) is 0 Å². The Balaban J connectivity index is 2.53. The van der Waals surface area contributed by atoms with Crippen molar-refractivity contribution in [2.45, 2.75) is 36.3 Å². The van der Waals surface area contributed by atoms with E-state index in [9.17, 15) is 19.8 Å². The molecule has 0 bridgehead atoms. The lowest BCUT2D eigenvalue weighted by atomic mass is 9.97. The predicted octanol–water partition coefficient (Wildman–Crippen LogP) is -1.82. The molecule has 2 rings (SSSR count). The second kappa shape index (κ2) is 5.03. The van der Waals surface area contributed by atoms with Crippen LogP contribution in [0.1, 0.15) is 13.2 Å². The number of ether oxygens (including phenoxy) is 1. The van der Waals surface area contributed by atoms with Crippen LogP contribution in [-0.2, 0) is 4.74 Å². The molecule has 1 aromatic rings. The van der Waals surface area contributed by atoms with Crippen molar-refractivity contribution in [3.8, 4) is 12.3 Å². The van der Waals surface area contributed by atoms with Crippen LogP contribution in [0.2, 0.25) is 0 Å². The molecule has 0 saturated carbocycles. The molecule has 1 fully saturated rings.